The summed E-state index contributed by atoms with van der Waals surface area (Å²) >= 11 is 1.52. The van der Waals surface area contributed by atoms with E-state index >= 15 is 0 Å². The molecule has 0 aliphatic heterocycles. The first-order valence-corrected chi connectivity index (χ1v) is 10.6. The average molecular weight is 409 g/mol. The van der Waals surface area contributed by atoms with Gasteiger partial charge >= 0.3 is 0 Å². The second-order valence-corrected chi connectivity index (χ2v) is 7.32. The van der Waals surface area contributed by atoms with Crippen molar-refractivity contribution in [2.24, 2.45) is 0 Å². The van der Waals surface area contributed by atoms with Crippen molar-refractivity contribution in [1.82, 2.24) is 15.0 Å². The molecule has 0 spiro atoms. The van der Waals surface area contributed by atoms with Gasteiger partial charge in [0.25, 0.3) is 0 Å². The van der Waals surface area contributed by atoms with Gasteiger partial charge in [-0.05, 0) is 56.4 Å². The van der Waals surface area contributed by atoms with Crippen LogP contribution in [0.5, 0.6) is 5.75 Å². The van der Waals surface area contributed by atoms with Crippen LogP contribution in [0.25, 0.3) is 0 Å². The Balaban J connectivity index is 1.56. The molecule has 7 heteroatoms. The summed E-state index contributed by atoms with van der Waals surface area (Å²) in [4.78, 5) is 25.6. The highest BCUT2D eigenvalue weighted by atomic mass is 32.2. The molecule has 0 unspecified atom stereocenters. The van der Waals surface area contributed by atoms with Gasteiger partial charge in [0.2, 0.25) is 5.91 Å². The lowest BCUT2D eigenvalue weighted by molar-refractivity contribution is -0.116. The monoisotopic (exact) mass is 408 g/mol. The van der Waals surface area contributed by atoms with Gasteiger partial charge in [0, 0.05) is 35.8 Å². The number of hydrogen-bond acceptors (Lipinski definition) is 6. The topological polar surface area (TPSA) is 77.0 Å². The zero-order chi connectivity index (χ0) is 20.6. The molecule has 3 rings (SSSR count). The number of thioether (sulfide) groups is 1. The zero-order valence-corrected chi connectivity index (χ0v) is 17.6. The smallest absolute Gasteiger partial charge is 0.224 e. The lowest BCUT2D eigenvalue weighted by Gasteiger charge is -2.11. The minimum Gasteiger partial charge on any atom is -0.487 e. The highest BCUT2D eigenvalue weighted by Gasteiger charge is 2.11. The Morgan fingerprint density at radius 3 is 2.59 bits per heavy atom. The predicted octanol–water partition coefficient (Wildman–Crippen LogP) is 4.36. The molecule has 0 atom stereocenters. The molecule has 0 saturated heterocycles. The molecule has 1 N–H and O–H groups in total. The molecule has 6 nitrogen and oxygen atoms in total. The second kappa shape index (κ2) is 10.0. The van der Waals surface area contributed by atoms with Gasteiger partial charge in [-0.25, -0.2) is 9.97 Å². The van der Waals surface area contributed by atoms with Crippen LogP contribution < -0.4 is 10.1 Å². The number of ether oxygens (including phenoxy) is 1. The first-order chi connectivity index (χ1) is 14.0. The van der Waals surface area contributed by atoms with Crippen LogP contribution >= 0.6 is 11.8 Å². The van der Waals surface area contributed by atoms with Crippen LogP contribution in [-0.2, 0) is 17.8 Å². The van der Waals surface area contributed by atoms with E-state index in [1.54, 1.807) is 6.20 Å². The van der Waals surface area contributed by atoms with E-state index in [0.717, 1.165) is 27.8 Å². The van der Waals surface area contributed by atoms with Crippen molar-refractivity contribution < 1.29 is 9.53 Å². The predicted molar refractivity (Wildman–Crippen MR) is 115 cm³/mol. The van der Waals surface area contributed by atoms with Crippen molar-refractivity contribution in [2.45, 2.75) is 38.5 Å². The normalized spacial score (nSPS) is 10.6. The minimum absolute atomic E-state index is 0.0559. The maximum absolute atomic E-state index is 12.4. The van der Waals surface area contributed by atoms with Crippen LogP contribution in [0.2, 0.25) is 0 Å². The number of rotatable bonds is 8. The molecule has 150 valence electrons. The summed E-state index contributed by atoms with van der Waals surface area (Å²) in [6.45, 7) is 4.30. The van der Waals surface area contributed by atoms with E-state index in [1.165, 1.54) is 11.8 Å². The van der Waals surface area contributed by atoms with Crippen molar-refractivity contribution in [1.29, 1.82) is 0 Å². The Morgan fingerprint density at radius 2 is 1.90 bits per heavy atom. The second-order valence-electron chi connectivity index (χ2n) is 6.55. The molecule has 2 aromatic heterocycles. The van der Waals surface area contributed by atoms with Gasteiger partial charge in [-0.3, -0.25) is 9.78 Å². The molecule has 0 radical (unpaired) electrons. The number of pyridine rings is 1. The Kier molecular flexibility index (Phi) is 7.19. The fourth-order valence-electron chi connectivity index (χ4n) is 2.93. The van der Waals surface area contributed by atoms with Gasteiger partial charge in [-0.2, -0.15) is 0 Å². The number of anilines is 1. The first kappa shape index (κ1) is 20.8. The van der Waals surface area contributed by atoms with E-state index in [0.29, 0.717) is 30.9 Å². The van der Waals surface area contributed by atoms with Crippen LogP contribution in [0.3, 0.4) is 0 Å². The van der Waals surface area contributed by atoms with Crippen LogP contribution in [0.1, 0.15) is 29.1 Å². The molecule has 3 aromatic rings. The number of carbonyl (C=O) groups is 1. The Bertz CT molecular complexity index is 957. The SMILES string of the molecule is CSc1nc(C)c(CCC(=O)Nc2cccc(OCc3ccccn3)c2)c(C)n1. The summed E-state index contributed by atoms with van der Waals surface area (Å²) in [5, 5.41) is 3.69. The van der Waals surface area contributed by atoms with Crippen molar-refractivity contribution >= 4 is 23.4 Å². The van der Waals surface area contributed by atoms with E-state index in [4.69, 9.17) is 4.74 Å². The summed E-state index contributed by atoms with van der Waals surface area (Å²) in [5.41, 5.74) is 4.45. The molecule has 1 aromatic carbocycles. The van der Waals surface area contributed by atoms with Crippen LogP contribution in [-0.4, -0.2) is 27.1 Å². The molecule has 0 aliphatic carbocycles. The summed E-state index contributed by atoms with van der Waals surface area (Å²) < 4.78 is 5.76. The van der Waals surface area contributed by atoms with E-state index in [-0.39, 0.29) is 5.91 Å². The van der Waals surface area contributed by atoms with Crippen molar-refractivity contribution in [2.75, 3.05) is 11.6 Å². The quantitative estimate of drug-likeness (QED) is 0.441. The van der Waals surface area contributed by atoms with Gasteiger partial charge in [0.1, 0.15) is 12.4 Å². The first-order valence-electron chi connectivity index (χ1n) is 9.36. The van der Waals surface area contributed by atoms with E-state index in [2.05, 4.69) is 20.3 Å². The van der Waals surface area contributed by atoms with Gasteiger partial charge < -0.3 is 10.1 Å². The van der Waals surface area contributed by atoms with Crippen LogP contribution in [0, 0.1) is 13.8 Å². The van der Waals surface area contributed by atoms with Crippen molar-refractivity contribution in [3.63, 3.8) is 0 Å². The fourth-order valence-corrected chi connectivity index (χ4v) is 3.38. The number of hydrogen-bond donors (Lipinski definition) is 1. The standard InChI is InChI=1S/C22H24N4O2S/c1-15-20(16(2)25-22(24-15)29-3)10-11-21(27)26-17-8-6-9-19(13-17)28-14-18-7-4-5-12-23-18/h4-9,12-13H,10-11,14H2,1-3H3,(H,26,27). The van der Waals surface area contributed by atoms with E-state index in [9.17, 15) is 4.79 Å². The summed E-state index contributed by atoms with van der Waals surface area (Å²) in [5.74, 6) is 0.626. The molecule has 0 aliphatic rings. The third-order valence-corrected chi connectivity index (χ3v) is 4.96. The summed E-state index contributed by atoms with van der Waals surface area (Å²) in [7, 11) is 0. The van der Waals surface area contributed by atoms with Crippen LogP contribution in [0.4, 0.5) is 5.69 Å². The molecular formula is C22H24N4O2S. The van der Waals surface area contributed by atoms with E-state index in [1.807, 2.05) is 62.6 Å². The Labute approximate surface area is 175 Å². The molecule has 2 heterocycles. The van der Waals surface area contributed by atoms with E-state index < -0.39 is 0 Å². The fraction of sp³-hybridized carbons (Fsp3) is 0.273. The van der Waals surface area contributed by atoms with Gasteiger partial charge in [0.15, 0.2) is 5.16 Å². The molecule has 0 saturated carbocycles. The minimum atomic E-state index is -0.0559. The highest BCUT2D eigenvalue weighted by Crippen LogP contribution is 2.20. The number of carbonyl (C=O) groups excluding carboxylic acids is 1. The summed E-state index contributed by atoms with van der Waals surface area (Å²) in [6.07, 6.45) is 4.66. The number of benzene rings is 1. The average Bonchev–Trinajstić information content (AvgIpc) is 2.72. The summed E-state index contributed by atoms with van der Waals surface area (Å²) in [6, 6.07) is 13.1. The third-order valence-electron chi connectivity index (χ3n) is 4.42. The maximum atomic E-state index is 12.4. The largest absolute Gasteiger partial charge is 0.487 e. The molecule has 0 bridgehead atoms. The Morgan fingerprint density at radius 1 is 1.10 bits per heavy atom. The molecular weight excluding hydrogens is 384 g/mol. The molecule has 1 amide bonds. The number of nitrogens with zero attached hydrogens (tertiary/aromatic N) is 3. The molecule has 29 heavy (non-hydrogen) atoms. The van der Waals surface area contributed by atoms with Gasteiger partial charge in [-0.15, -0.1) is 0 Å². The number of aromatic nitrogens is 3. The highest BCUT2D eigenvalue weighted by molar-refractivity contribution is 7.98. The van der Waals surface area contributed by atoms with Gasteiger partial charge in [0.05, 0.1) is 5.69 Å². The van der Waals surface area contributed by atoms with Crippen molar-refractivity contribution in [3.8, 4) is 5.75 Å². The lowest BCUT2D eigenvalue weighted by Crippen LogP contribution is -2.14. The maximum Gasteiger partial charge on any atom is 0.224 e. The van der Waals surface area contributed by atoms with Crippen LogP contribution in [0.15, 0.2) is 53.8 Å². The Hall–Kier alpha value is -2.93. The van der Waals surface area contributed by atoms with Gasteiger partial charge in [-0.1, -0.05) is 23.9 Å². The lowest BCUT2D eigenvalue weighted by atomic mass is 10.1. The molecule has 0 fully saturated rings. The number of amides is 1. The number of nitrogens with one attached hydrogen (secondary N) is 1. The third kappa shape index (κ3) is 6.02. The van der Waals surface area contributed by atoms with Crippen molar-refractivity contribution in [3.05, 3.63) is 71.3 Å². The zero-order valence-electron chi connectivity index (χ0n) is 16.8. The number of aryl methyl sites for hydroxylation is 2.